The molecule has 0 radical (unpaired) electrons. The summed E-state index contributed by atoms with van der Waals surface area (Å²) in [6.07, 6.45) is 3.88. The molecule has 1 aromatic rings. The van der Waals surface area contributed by atoms with Crippen molar-refractivity contribution in [2.45, 2.75) is 50.7 Å². The average Bonchev–Trinajstić information content (AvgIpc) is 3.31. The smallest absolute Gasteiger partial charge is 0.262 e. The van der Waals surface area contributed by atoms with Crippen molar-refractivity contribution in [2.75, 3.05) is 13.1 Å². The molecule has 8 heteroatoms. The second-order valence-electron chi connectivity index (χ2n) is 8.79. The number of imide groups is 2. The zero-order valence-electron chi connectivity index (χ0n) is 16.8. The van der Waals surface area contributed by atoms with Gasteiger partial charge in [0.05, 0.1) is 11.1 Å². The Kier molecular flexibility index (Phi) is 4.91. The van der Waals surface area contributed by atoms with Crippen molar-refractivity contribution in [3.63, 3.8) is 0 Å². The average molecular weight is 410 g/mol. The minimum atomic E-state index is -0.931. The molecule has 1 aromatic carbocycles. The van der Waals surface area contributed by atoms with Crippen LogP contribution in [0.5, 0.6) is 0 Å². The van der Waals surface area contributed by atoms with E-state index in [1.165, 1.54) is 12.8 Å². The summed E-state index contributed by atoms with van der Waals surface area (Å²) in [5.74, 6) is -0.529. The third kappa shape index (κ3) is 3.15. The molecule has 2 saturated heterocycles. The van der Waals surface area contributed by atoms with Gasteiger partial charge < -0.3 is 10.6 Å². The minimum Gasteiger partial charge on any atom is -0.316 e. The maximum absolute atomic E-state index is 13.2. The largest absolute Gasteiger partial charge is 0.316 e. The SMILES string of the molecule is O=C1CCC(N2C(=O)c3cccc(CNC4CCCC5CNCC54)c3C2=O)C(=O)N1. The third-order valence-electron chi connectivity index (χ3n) is 7.11. The number of carbonyl (C=O) groups excluding carboxylic acids is 4. The zero-order valence-corrected chi connectivity index (χ0v) is 16.8. The topological polar surface area (TPSA) is 108 Å². The van der Waals surface area contributed by atoms with Gasteiger partial charge in [-0.2, -0.15) is 0 Å². The number of amides is 4. The monoisotopic (exact) mass is 410 g/mol. The van der Waals surface area contributed by atoms with E-state index < -0.39 is 23.8 Å². The van der Waals surface area contributed by atoms with E-state index in [2.05, 4.69) is 16.0 Å². The molecule has 1 saturated carbocycles. The molecule has 0 spiro atoms. The van der Waals surface area contributed by atoms with Crippen molar-refractivity contribution < 1.29 is 19.2 Å². The van der Waals surface area contributed by atoms with Gasteiger partial charge in [-0.25, -0.2) is 0 Å². The Hall–Kier alpha value is -2.58. The lowest BCUT2D eigenvalue weighted by Gasteiger charge is -2.34. The first-order chi connectivity index (χ1) is 14.5. The normalized spacial score (nSPS) is 31.0. The molecule has 30 heavy (non-hydrogen) atoms. The van der Waals surface area contributed by atoms with E-state index in [0.29, 0.717) is 35.5 Å². The summed E-state index contributed by atoms with van der Waals surface area (Å²) in [5, 5.41) is 9.36. The second kappa shape index (κ2) is 7.59. The summed E-state index contributed by atoms with van der Waals surface area (Å²) >= 11 is 0. The Morgan fingerprint density at radius 3 is 2.73 bits per heavy atom. The van der Waals surface area contributed by atoms with Gasteiger partial charge in [-0.3, -0.25) is 29.4 Å². The van der Waals surface area contributed by atoms with E-state index >= 15 is 0 Å². The number of rotatable bonds is 4. The fourth-order valence-corrected chi connectivity index (χ4v) is 5.58. The van der Waals surface area contributed by atoms with Gasteiger partial charge in [0.15, 0.2) is 0 Å². The van der Waals surface area contributed by atoms with E-state index in [4.69, 9.17) is 0 Å². The molecule has 4 aliphatic rings. The van der Waals surface area contributed by atoms with Gasteiger partial charge in [-0.15, -0.1) is 0 Å². The van der Waals surface area contributed by atoms with E-state index in [1.807, 2.05) is 6.07 Å². The van der Waals surface area contributed by atoms with Crippen molar-refractivity contribution in [3.05, 3.63) is 34.9 Å². The van der Waals surface area contributed by atoms with Crippen molar-refractivity contribution in [1.29, 1.82) is 0 Å². The van der Waals surface area contributed by atoms with Crippen molar-refractivity contribution >= 4 is 23.6 Å². The maximum atomic E-state index is 13.2. The molecule has 0 bridgehead atoms. The van der Waals surface area contributed by atoms with E-state index in [1.54, 1.807) is 12.1 Å². The number of piperidine rings is 1. The molecule has 4 unspecified atom stereocenters. The number of carbonyl (C=O) groups is 4. The van der Waals surface area contributed by atoms with Crippen LogP contribution in [0.2, 0.25) is 0 Å². The highest BCUT2D eigenvalue weighted by Gasteiger charge is 2.45. The van der Waals surface area contributed by atoms with E-state index in [9.17, 15) is 19.2 Å². The Labute approximate surface area is 174 Å². The lowest BCUT2D eigenvalue weighted by atomic mass is 9.78. The minimum absolute atomic E-state index is 0.122. The molecule has 8 nitrogen and oxygen atoms in total. The Morgan fingerprint density at radius 2 is 1.90 bits per heavy atom. The highest BCUT2D eigenvalue weighted by Crippen LogP contribution is 2.34. The standard InChI is InChI=1S/C22H26N4O4/c27-18-8-7-17(20(28)25-18)26-21(29)14-5-1-4-13(19(14)22(26)30)10-24-16-6-2-3-12-9-23-11-15(12)16/h1,4-5,12,15-17,23-24H,2-3,6-11H2,(H,25,27,28). The number of hydrogen-bond donors (Lipinski definition) is 3. The quantitative estimate of drug-likeness (QED) is 0.627. The summed E-state index contributed by atoms with van der Waals surface area (Å²) in [6.45, 7) is 2.62. The van der Waals surface area contributed by atoms with Crippen LogP contribution in [0, 0.1) is 11.8 Å². The molecule has 158 valence electrons. The first-order valence-corrected chi connectivity index (χ1v) is 10.8. The maximum Gasteiger partial charge on any atom is 0.262 e. The van der Waals surface area contributed by atoms with Crippen molar-refractivity contribution in [1.82, 2.24) is 20.9 Å². The van der Waals surface area contributed by atoms with Crippen LogP contribution in [0.3, 0.4) is 0 Å². The number of nitrogens with zero attached hydrogens (tertiary/aromatic N) is 1. The number of nitrogens with one attached hydrogen (secondary N) is 3. The van der Waals surface area contributed by atoms with Crippen LogP contribution >= 0.6 is 0 Å². The molecule has 3 aliphatic heterocycles. The van der Waals surface area contributed by atoms with Crippen LogP contribution < -0.4 is 16.0 Å². The highest BCUT2D eigenvalue weighted by molar-refractivity contribution is 6.24. The number of hydrogen-bond acceptors (Lipinski definition) is 6. The summed E-state index contributed by atoms with van der Waals surface area (Å²) in [5.41, 5.74) is 1.51. The summed E-state index contributed by atoms with van der Waals surface area (Å²) < 4.78 is 0. The molecular formula is C22H26N4O4. The fourth-order valence-electron chi connectivity index (χ4n) is 5.58. The summed E-state index contributed by atoms with van der Waals surface area (Å²) in [7, 11) is 0. The van der Waals surface area contributed by atoms with Crippen LogP contribution in [0.4, 0.5) is 0 Å². The van der Waals surface area contributed by atoms with Gasteiger partial charge in [-0.1, -0.05) is 18.6 Å². The Morgan fingerprint density at radius 1 is 1.03 bits per heavy atom. The molecule has 4 atom stereocenters. The van der Waals surface area contributed by atoms with Gasteiger partial charge in [0.1, 0.15) is 6.04 Å². The lowest BCUT2D eigenvalue weighted by Crippen LogP contribution is -2.54. The van der Waals surface area contributed by atoms with Crippen molar-refractivity contribution in [2.24, 2.45) is 11.8 Å². The summed E-state index contributed by atoms with van der Waals surface area (Å²) in [4.78, 5) is 50.9. The van der Waals surface area contributed by atoms with Crippen LogP contribution in [0.1, 0.15) is 58.4 Å². The molecular weight excluding hydrogens is 384 g/mol. The molecule has 1 aliphatic carbocycles. The second-order valence-corrected chi connectivity index (χ2v) is 8.79. The van der Waals surface area contributed by atoms with Crippen LogP contribution in [-0.2, 0) is 16.1 Å². The van der Waals surface area contributed by atoms with E-state index in [-0.39, 0.29) is 18.7 Å². The molecule has 0 aromatic heterocycles. The van der Waals surface area contributed by atoms with Crippen LogP contribution in [-0.4, -0.2) is 53.7 Å². The lowest BCUT2D eigenvalue weighted by molar-refractivity contribution is -0.136. The molecule has 4 amide bonds. The first kappa shape index (κ1) is 19.4. The fraction of sp³-hybridized carbons (Fsp3) is 0.545. The van der Waals surface area contributed by atoms with Gasteiger partial charge in [0, 0.05) is 19.0 Å². The highest BCUT2D eigenvalue weighted by atomic mass is 16.2. The summed E-state index contributed by atoms with van der Waals surface area (Å²) in [6, 6.07) is 4.77. The molecule has 3 heterocycles. The first-order valence-electron chi connectivity index (χ1n) is 10.8. The Bertz CT molecular complexity index is 930. The van der Waals surface area contributed by atoms with Gasteiger partial charge in [-0.05, 0) is 55.8 Å². The van der Waals surface area contributed by atoms with Gasteiger partial charge in [0.2, 0.25) is 11.8 Å². The van der Waals surface area contributed by atoms with Crippen LogP contribution in [0.25, 0.3) is 0 Å². The van der Waals surface area contributed by atoms with Gasteiger partial charge in [0.25, 0.3) is 11.8 Å². The zero-order chi connectivity index (χ0) is 20.8. The predicted octanol–water partition coefficient (Wildman–Crippen LogP) is 0.566. The number of benzene rings is 1. The molecule has 5 rings (SSSR count). The molecule has 3 N–H and O–H groups in total. The van der Waals surface area contributed by atoms with Crippen LogP contribution in [0.15, 0.2) is 18.2 Å². The Balaban J connectivity index is 1.36. The van der Waals surface area contributed by atoms with Gasteiger partial charge >= 0.3 is 0 Å². The molecule has 3 fully saturated rings. The van der Waals surface area contributed by atoms with E-state index in [0.717, 1.165) is 30.0 Å². The predicted molar refractivity (Wildman–Crippen MR) is 107 cm³/mol. The third-order valence-corrected chi connectivity index (χ3v) is 7.11. The number of fused-ring (bicyclic) bond motifs is 2. The van der Waals surface area contributed by atoms with Crippen molar-refractivity contribution in [3.8, 4) is 0 Å².